The fourth-order valence-corrected chi connectivity index (χ4v) is 2.63. The molecule has 7 heteroatoms. The molecule has 0 unspecified atom stereocenters. The topological polar surface area (TPSA) is 52.7 Å². The van der Waals surface area contributed by atoms with Gasteiger partial charge in [0.1, 0.15) is 0 Å². The number of rotatable bonds is 3. The van der Waals surface area contributed by atoms with Crippen molar-refractivity contribution in [1.29, 1.82) is 0 Å². The molecule has 3 N–H and O–H groups in total. The maximum absolute atomic E-state index is 13.2. The Kier molecular flexibility index (Phi) is 4.95. The normalized spacial score (nSPS) is 17.8. The van der Waals surface area contributed by atoms with Crippen LogP contribution < -0.4 is 10.6 Å². The molecule has 0 saturated carbocycles. The van der Waals surface area contributed by atoms with Crippen LogP contribution in [0.5, 0.6) is 0 Å². The van der Waals surface area contributed by atoms with Gasteiger partial charge in [-0.15, -0.1) is 0 Å². The third-order valence-corrected chi connectivity index (χ3v) is 3.67. The summed E-state index contributed by atoms with van der Waals surface area (Å²) in [5, 5.41) is 8.96. The fourth-order valence-electron chi connectivity index (χ4n) is 2.63. The zero-order valence-electron chi connectivity index (χ0n) is 11.7. The van der Waals surface area contributed by atoms with Crippen LogP contribution in [0.25, 0.3) is 0 Å². The molecule has 4 nitrogen and oxygen atoms in total. The van der Waals surface area contributed by atoms with Crippen molar-refractivity contribution in [1.82, 2.24) is 4.90 Å². The van der Waals surface area contributed by atoms with Gasteiger partial charge in [-0.3, -0.25) is 4.90 Å². The molecule has 1 aliphatic rings. The number of nitrogens with two attached hydrogens (primary N) is 1. The van der Waals surface area contributed by atoms with Gasteiger partial charge in [0.2, 0.25) is 0 Å². The van der Waals surface area contributed by atoms with Crippen LogP contribution in [0.1, 0.15) is 12.0 Å². The molecule has 1 aromatic rings. The van der Waals surface area contributed by atoms with Gasteiger partial charge in [0.05, 0.1) is 12.2 Å². The van der Waals surface area contributed by atoms with E-state index >= 15 is 0 Å². The smallest absolute Gasteiger partial charge is 0.399 e. The van der Waals surface area contributed by atoms with Crippen LogP contribution in [0.15, 0.2) is 18.2 Å². The Balaban J connectivity index is 2.22. The third kappa shape index (κ3) is 4.01. The second kappa shape index (κ2) is 6.53. The number of halogens is 3. The molecule has 0 radical (unpaired) electrons. The minimum atomic E-state index is -4.41. The summed E-state index contributed by atoms with van der Waals surface area (Å²) in [5.41, 5.74) is 5.11. The van der Waals surface area contributed by atoms with E-state index in [2.05, 4.69) is 4.90 Å². The van der Waals surface area contributed by atoms with Gasteiger partial charge >= 0.3 is 6.18 Å². The van der Waals surface area contributed by atoms with E-state index < -0.39 is 11.7 Å². The number of nitrogen functional groups attached to an aromatic ring is 1. The first kappa shape index (κ1) is 15.9. The van der Waals surface area contributed by atoms with E-state index in [1.54, 1.807) is 4.90 Å². The molecule has 0 spiro atoms. The first-order valence-corrected chi connectivity index (χ1v) is 6.96. The zero-order chi connectivity index (χ0) is 15.5. The largest absolute Gasteiger partial charge is 0.418 e. The second-order valence-electron chi connectivity index (χ2n) is 5.18. The Morgan fingerprint density at radius 2 is 1.90 bits per heavy atom. The SMILES string of the molecule is Nc1ccc(N2CCCN(CCO)CC2)c(C(F)(F)F)c1. The van der Waals surface area contributed by atoms with Gasteiger partial charge in [-0.1, -0.05) is 0 Å². The highest BCUT2D eigenvalue weighted by molar-refractivity contribution is 5.61. The van der Waals surface area contributed by atoms with Crippen LogP contribution in [-0.2, 0) is 6.18 Å². The van der Waals surface area contributed by atoms with E-state index in [0.29, 0.717) is 26.2 Å². The molecule has 0 aliphatic carbocycles. The summed E-state index contributed by atoms with van der Waals surface area (Å²) >= 11 is 0. The lowest BCUT2D eigenvalue weighted by Gasteiger charge is -2.26. The average molecular weight is 303 g/mol. The first-order chi connectivity index (χ1) is 9.91. The Morgan fingerprint density at radius 3 is 2.57 bits per heavy atom. The van der Waals surface area contributed by atoms with Crippen LogP contribution in [0.3, 0.4) is 0 Å². The van der Waals surface area contributed by atoms with Crippen molar-refractivity contribution in [2.45, 2.75) is 12.6 Å². The average Bonchev–Trinajstić information content (AvgIpc) is 2.64. The standard InChI is InChI=1S/C14H20F3N3O/c15-14(16,17)12-10-11(18)2-3-13(12)20-5-1-4-19(6-7-20)8-9-21/h2-3,10,21H,1,4-9,18H2. The lowest BCUT2D eigenvalue weighted by Crippen LogP contribution is -2.33. The van der Waals surface area contributed by atoms with Gasteiger partial charge in [0, 0.05) is 37.6 Å². The molecule has 1 fully saturated rings. The number of aliphatic hydroxyl groups excluding tert-OH is 1. The van der Waals surface area contributed by atoms with Gasteiger partial charge < -0.3 is 15.7 Å². The van der Waals surface area contributed by atoms with Gasteiger partial charge in [0.25, 0.3) is 0 Å². The maximum Gasteiger partial charge on any atom is 0.418 e. The Hall–Kier alpha value is -1.47. The highest BCUT2D eigenvalue weighted by Gasteiger charge is 2.35. The third-order valence-electron chi connectivity index (χ3n) is 3.67. The number of β-amino-alcohol motifs (C(OH)–C–C–N with tert-alkyl or cyclic N) is 1. The van der Waals surface area contributed by atoms with E-state index in [9.17, 15) is 13.2 Å². The molecule has 0 aromatic heterocycles. The van der Waals surface area contributed by atoms with Gasteiger partial charge in [-0.05, 0) is 31.2 Å². The maximum atomic E-state index is 13.2. The van der Waals surface area contributed by atoms with Crippen LogP contribution in [0.4, 0.5) is 24.5 Å². The van der Waals surface area contributed by atoms with E-state index in [1.807, 2.05) is 0 Å². The highest BCUT2D eigenvalue weighted by atomic mass is 19.4. The summed E-state index contributed by atoms with van der Waals surface area (Å²) in [7, 11) is 0. The monoisotopic (exact) mass is 303 g/mol. The lowest BCUT2D eigenvalue weighted by atomic mass is 10.1. The lowest BCUT2D eigenvalue weighted by molar-refractivity contribution is -0.137. The molecule has 0 bridgehead atoms. The molecule has 21 heavy (non-hydrogen) atoms. The van der Waals surface area contributed by atoms with E-state index in [4.69, 9.17) is 10.8 Å². The number of hydrogen-bond acceptors (Lipinski definition) is 4. The Morgan fingerprint density at radius 1 is 1.14 bits per heavy atom. The Bertz CT molecular complexity index is 479. The van der Waals surface area contributed by atoms with Gasteiger partial charge in [0.15, 0.2) is 0 Å². The quantitative estimate of drug-likeness (QED) is 0.836. The van der Waals surface area contributed by atoms with Crippen molar-refractivity contribution in [3.05, 3.63) is 23.8 Å². The molecule has 1 aromatic carbocycles. The molecule has 1 aliphatic heterocycles. The number of aliphatic hydroxyl groups is 1. The predicted molar refractivity (Wildman–Crippen MR) is 76.2 cm³/mol. The van der Waals surface area contributed by atoms with E-state index in [0.717, 1.165) is 19.0 Å². The van der Waals surface area contributed by atoms with Crippen LogP contribution in [0, 0.1) is 0 Å². The summed E-state index contributed by atoms with van der Waals surface area (Å²) in [4.78, 5) is 3.81. The number of anilines is 2. The van der Waals surface area contributed by atoms with Crippen molar-refractivity contribution < 1.29 is 18.3 Å². The number of alkyl halides is 3. The first-order valence-electron chi connectivity index (χ1n) is 6.96. The number of hydrogen-bond donors (Lipinski definition) is 2. The number of benzene rings is 1. The molecule has 0 amide bonds. The molecule has 1 heterocycles. The van der Waals surface area contributed by atoms with Crippen molar-refractivity contribution in [3.63, 3.8) is 0 Å². The van der Waals surface area contributed by atoms with Crippen LogP contribution >= 0.6 is 0 Å². The zero-order valence-corrected chi connectivity index (χ0v) is 11.7. The fraction of sp³-hybridized carbons (Fsp3) is 0.571. The molecule has 1 saturated heterocycles. The van der Waals surface area contributed by atoms with Crippen molar-refractivity contribution in [3.8, 4) is 0 Å². The highest BCUT2D eigenvalue weighted by Crippen LogP contribution is 2.38. The van der Waals surface area contributed by atoms with Gasteiger partial charge in [-0.25, -0.2) is 0 Å². The molecular formula is C14H20F3N3O. The summed E-state index contributed by atoms with van der Waals surface area (Å²) in [6.07, 6.45) is -3.65. The number of nitrogens with zero attached hydrogens (tertiary/aromatic N) is 2. The van der Waals surface area contributed by atoms with Crippen LogP contribution in [0.2, 0.25) is 0 Å². The minimum Gasteiger partial charge on any atom is -0.399 e. The van der Waals surface area contributed by atoms with Crippen LogP contribution in [-0.4, -0.2) is 49.3 Å². The van der Waals surface area contributed by atoms with E-state index in [-0.39, 0.29) is 18.0 Å². The van der Waals surface area contributed by atoms with E-state index in [1.165, 1.54) is 12.1 Å². The summed E-state index contributed by atoms with van der Waals surface area (Å²) in [6, 6.07) is 3.94. The summed E-state index contributed by atoms with van der Waals surface area (Å²) in [6.45, 7) is 3.12. The minimum absolute atomic E-state index is 0.0652. The van der Waals surface area contributed by atoms with Crippen molar-refractivity contribution >= 4 is 11.4 Å². The molecule has 0 atom stereocenters. The molecular weight excluding hydrogens is 283 g/mol. The summed E-state index contributed by atoms with van der Waals surface area (Å²) < 4.78 is 39.5. The predicted octanol–water partition coefficient (Wildman–Crippen LogP) is 1.79. The summed E-state index contributed by atoms with van der Waals surface area (Å²) in [5.74, 6) is 0. The van der Waals surface area contributed by atoms with Crippen molar-refractivity contribution in [2.24, 2.45) is 0 Å². The second-order valence-corrected chi connectivity index (χ2v) is 5.18. The van der Waals surface area contributed by atoms with Gasteiger partial charge in [-0.2, -0.15) is 13.2 Å². The molecule has 2 rings (SSSR count). The molecule has 118 valence electrons. The Labute approximate surface area is 121 Å². The van der Waals surface area contributed by atoms with Crippen molar-refractivity contribution in [2.75, 3.05) is 50.0 Å².